The van der Waals surface area contributed by atoms with Crippen LogP contribution in [0.15, 0.2) is 67.3 Å². The van der Waals surface area contributed by atoms with E-state index in [2.05, 4.69) is 24.0 Å². The molecule has 0 aromatic heterocycles. The van der Waals surface area contributed by atoms with Crippen LogP contribution in [0.1, 0.15) is 48.8 Å². The second-order valence-electron chi connectivity index (χ2n) is 9.00. The minimum Gasteiger partial charge on any atom is -0.384 e. The number of aryl methyl sites for hydroxylation is 2. The van der Waals surface area contributed by atoms with Gasteiger partial charge in [-0.05, 0) is 55.7 Å². The Bertz CT molecular complexity index is 995. The number of nitrogens with two attached hydrogens (primary N) is 1. The number of nitrogens with zero attached hydrogens (tertiary/aromatic N) is 1. The maximum absolute atomic E-state index is 12.9. The number of allylic oxidation sites excluding steroid dienone is 1. The second kappa shape index (κ2) is 14.3. The van der Waals surface area contributed by atoms with E-state index < -0.39 is 0 Å². The van der Waals surface area contributed by atoms with Gasteiger partial charge >= 0.3 is 0 Å². The van der Waals surface area contributed by atoms with Gasteiger partial charge < -0.3 is 16.0 Å². The van der Waals surface area contributed by atoms with Crippen LogP contribution in [0.2, 0.25) is 0 Å². The maximum Gasteiger partial charge on any atom is 0.226 e. The van der Waals surface area contributed by atoms with Crippen molar-refractivity contribution in [2.45, 2.75) is 51.0 Å². The number of amides is 2. The molecule has 2 amide bonds. The third-order valence-electron chi connectivity index (χ3n) is 6.43. The molecule has 1 heterocycles. The lowest BCUT2D eigenvalue weighted by Crippen LogP contribution is -2.42. The molecule has 6 nitrogen and oxygen atoms in total. The molecule has 4 N–H and O–H groups in total. The van der Waals surface area contributed by atoms with E-state index in [4.69, 9.17) is 11.1 Å². The molecular weight excluding hydrogens is 460 g/mol. The smallest absolute Gasteiger partial charge is 0.226 e. The van der Waals surface area contributed by atoms with Crippen LogP contribution in [0, 0.1) is 11.3 Å². The van der Waals surface area contributed by atoms with Crippen LogP contribution in [0.5, 0.6) is 0 Å². The van der Waals surface area contributed by atoms with E-state index in [1.54, 1.807) is 0 Å². The molecule has 1 aliphatic rings. The van der Waals surface area contributed by atoms with Crippen LogP contribution in [0.25, 0.3) is 0 Å². The van der Waals surface area contributed by atoms with Crippen LogP contribution in [0.3, 0.4) is 0 Å². The van der Waals surface area contributed by atoms with E-state index in [0.29, 0.717) is 31.5 Å². The van der Waals surface area contributed by atoms with Crippen LogP contribution >= 0.6 is 12.4 Å². The number of nitrogens with one attached hydrogen (secondary N) is 2. The lowest BCUT2D eigenvalue weighted by atomic mass is 10.0. The number of likely N-dealkylation sites (tertiary alicyclic amines) is 1. The van der Waals surface area contributed by atoms with Crippen molar-refractivity contribution in [3.05, 3.63) is 83.9 Å². The summed E-state index contributed by atoms with van der Waals surface area (Å²) in [5, 5.41) is 10.6. The van der Waals surface area contributed by atoms with Crippen LogP contribution < -0.4 is 11.1 Å². The summed E-state index contributed by atoms with van der Waals surface area (Å²) in [5.74, 6) is 0.197. The topological polar surface area (TPSA) is 99.3 Å². The third kappa shape index (κ3) is 8.55. The first-order valence-electron chi connectivity index (χ1n) is 12.1. The van der Waals surface area contributed by atoms with E-state index in [0.717, 1.165) is 37.7 Å². The lowest BCUT2D eigenvalue weighted by Gasteiger charge is -2.25. The Kier molecular flexibility index (Phi) is 11.5. The first-order chi connectivity index (χ1) is 16.5. The zero-order valence-electron chi connectivity index (χ0n) is 20.2. The van der Waals surface area contributed by atoms with E-state index in [1.807, 2.05) is 53.4 Å². The molecule has 0 saturated carbocycles. The molecule has 1 saturated heterocycles. The quantitative estimate of drug-likeness (QED) is 0.219. The number of hydrogen-bond acceptors (Lipinski definition) is 3. The minimum atomic E-state index is -0.0373. The number of amidine groups is 1. The molecule has 0 aliphatic carbocycles. The fraction of sp³-hybridized carbons (Fsp3) is 0.393. The summed E-state index contributed by atoms with van der Waals surface area (Å²) in [4.78, 5) is 27.4. The first-order valence-corrected chi connectivity index (χ1v) is 12.1. The van der Waals surface area contributed by atoms with Gasteiger partial charge in [-0.15, -0.1) is 19.0 Å². The molecule has 1 fully saturated rings. The molecule has 2 aromatic carbocycles. The Hall–Kier alpha value is -3.12. The molecule has 2 aromatic rings. The second-order valence-corrected chi connectivity index (χ2v) is 9.00. The van der Waals surface area contributed by atoms with Crippen molar-refractivity contribution in [1.82, 2.24) is 10.2 Å². The van der Waals surface area contributed by atoms with Crippen molar-refractivity contribution in [3.8, 4) is 0 Å². The Labute approximate surface area is 214 Å². The van der Waals surface area contributed by atoms with Crippen molar-refractivity contribution in [2.24, 2.45) is 11.7 Å². The Morgan fingerprint density at radius 1 is 1.11 bits per heavy atom. The predicted octanol–water partition coefficient (Wildman–Crippen LogP) is 4.26. The highest BCUT2D eigenvalue weighted by atomic mass is 35.5. The number of benzene rings is 2. The van der Waals surface area contributed by atoms with E-state index >= 15 is 0 Å². The first kappa shape index (κ1) is 28.1. The molecule has 0 spiro atoms. The standard InChI is InChI=1S/C28H36N4O2.ClH/c1-2-9-24-19-25(32(28(24)34)17-8-14-21-10-4-3-5-11-21)20-31-26(33)16-7-13-22-12-6-15-23(18-22)27(29)30;/h2-6,10-12,15,18,24-25H,1,7-9,13-14,16-17,19-20H2,(H3,29,30)(H,31,33);1H/t24-,25+;/m1./s1. The zero-order valence-corrected chi connectivity index (χ0v) is 21.1. The van der Waals surface area contributed by atoms with E-state index in [1.165, 1.54) is 5.56 Å². The number of rotatable bonds is 13. The van der Waals surface area contributed by atoms with Gasteiger partial charge in [-0.2, -0.15) is 0 Å². The van der Waals surface area contributed by atoms with Gasteiger partial charge in [0.2, 0.25) is 11.8 Å². The fourth-order valence-electron chi connectivity index (χ4n) is 4.62. The van der Waals surface area contributed by atoms with Crippen molar-refractivity contribution in [3.63, 3.8) is 0 Å². The number of carbonyl (C=O) groups is 2. The molecule has 0 unspecified atom stereocenters. The van der Waals surface area contributed by atoms with Gasteiger partial charge in [0.15, 0.2) is 0 Å². The molecular formula is C28H37ClN4O2. The van der Waals surface area contributed by atoms with Gasteiger partial charge in [0.05, 0.1) is 0 Å². The summed E-state index contributed by atoms with van der Waals surface area (Å²) in [6, 6.07) is 17.9. The van der Waals surface area contributed by atoms with E-state index in [9.17, 15) is 9.59 Å². The Morgan fingerprint density at radius 3 is 2.54 bits per heavy atom. The zero-order chi connectivity index (χ0) is 24.3. The van der Waals surface area contributed by atoms with E-state index in [-0.39, 0.29) is 42.0 Å². The Balaban J connectivity index is 0.00000432. The summed E-state index contributed by atoms with van der Waals surface area (Å²) in [6.45, 7) is 4.99. The highest BCUT2D eigenvalue weighted by molar-refractivity contribution is 5.95. The molecule has 2 atom stereocenters. The predicted molar refractivity (Wildman–Crippen MR) is 144 cm³/mol. The number of hydrogen-bond donors (Lipinski definition) is 3. The summed E-state index contributed by atoms with van der Waals surface area (Å²) in [5.41, 5.74) is 8.60. The van der Waals surface area contributed by atoms with Crippen LogP contribution in [-0.4, -0.2) is 41.7 Å². The molecule has 0 bridgehead atoms. The SMILES string of the molecule is C=CC[C@@H]1C[C@@H](CNC(=O)CCCc2cccc(C(=N)N)c2)N(CCCc2ccccc2)C1=O.Cl. The maximum atomic E-state index is 12.9. The number of halogens is 1. The molecule has 35 heavy (non-hydrogen) atoms. The van der Waals surface area contributed by atoms with Crippen molar-refractivity contribution < 1.29 is 9.59 Å². The van der Waals surface area contributed by atoms with Gasteiger partial charge in [0, 0.05) is 37.0 Å². The average Bonchev–Trinajstić information content (AvgIpc) is 3.13. The van der Waals surface area contributed by atoms with Gasteiger partial charge in [-0.25, -0.2) is 0 Å². The van der Waals surface area contributed by atoms with Gasteiger partial charge in [0.25, 0.3) is 0 Å². The number of carbonyl (C=O) groups excluding carboxylic acids is 2. The van der Waals surface area contributed by atoms with Crippen molar-refractivity contribution in [1.29, 1.82) is 5.41 Å². The fourth-order valence-corrected chi connectivity index (χ4v) is 4.62. The van der Waals surface area contributed by atoms with Gasteiger partial charge in [0.1, 0.15) is 5.84 Å². The molecule has 188 valence electrons. The van der Waals surface area contributed by atoms with Gasteiger partial charge in [-0.3, -0.25) is 15.0 Å². The molecule has 0 radical (unpaired) electrons. The Morgan fingerprint density at radius 2 is 1.83 bits per heavy atom. The molecule has 1 aliphatic heterocycles. The van der Waals surface area contributed by atoms with Gasteiger partial charge in [-0.1, -0.05) is 54.6 Å². The lowest BCUT2D eigenvalue weighted by molar-refractivity contribution is -0.132. The minimum absolute atomic E-state index is 0. The van der Waals surface area contributed by atoms with Crippen LogP contribution in [0.4, 0.5) is 0 Å². The summed E-state index contributed by atoms with van der Waals surface area (Å²) in [7, 11) is 0. The monoisotopic (exact) mass is 496 g/mol. The summed E-state index contributed by atoms with van der Waals surface area (Å²) < 4.78 is 0. The van der Waals surface area contributed by atoms with Crippen molar-refractivity contribution >= 4 is 30.1 Å². The highest BCUT2D eigenvalue weighted by Gasteiger charge is 2.38. The van der Waals surface area contributed by atoms with Crippen molar-refractivity contribution in [2.75, 3.05) is 13.1 Å². The summed E-state index contributed by atoms with van der Waals surface area (Å²) >= 11 is 0. The van der Waals surface area contributed by atoms with Crippen LogP contribution in [-0.2, 0) is 22.4 Å². The largest absolute Gasteiger partial charge is 0.384 e. The molecule has 7 heteroatoms. The normalized spacial score (nSPS) is 17.0. The molecule has 3 rings (SSSR count). The highest BCUT2D eigenvalue weighted by Crippen LogP contribution is 2.27. The third-order valence-corrected chi connectivity index (χ3v) is 6.43. The summed E-state index contributed by atoms with van der Waals surface area (Å²) in [6.07, 6.45) is 6.98. The number of nitrogen functional groups attached to an aromatic ring is 1. The average molecular weight is 497 g/mol.